The molecule has 0 spiro atoms. The first-order valence-electron chi connectivity index (χ1n) is 23.6. The second kappa shape index (κ2) is 10.9. The lowest BCUT2D eigenvalue weighted by Gasteiger charge is -2.68. The highest BCUT2D eigenvalue weighted by Crippen LogP contribution is 2.74. The third-order valence-electron chi connectivity index (χ3n) is 19.6. The Balaban J connectivity index is 0.0000000924. The lowest BCUT2D eigenvalue weighted by atomic mass is 9.37. The summed E-state index contributed by atoms with van der Waals surface area (Å²) in [6.07, 6.45) is 36.7. The van der Waals surface area contributed by atoms with Crippen molar-refractivity contribution in [2.45, 2.75) is 237 Å². The number of rotatable bonds is 0. The quantitative estimate of drug-likeness (QED) is 0.235. The standard InChI is InChI=1S/C14H24.2C13H22.C12H20/c1-11-5-12(2)8-13(3,6-11)10-14(4,7-11)9-12;2*1-11-4-10-5-12(2,7-11)9-13(3,6-10)8-11;1-11-4-9-3-10(5-11)7-12(2,6-9)8-11/h5-10H2,1-4H3;2*10H,4-9H2,1-3H3;9-10H,3-8H2,1-2H3. The highest BCUT2D eigenvalue weighted by atomic mass is 14.7. The van der Waals surface area contributed by atoms with Crippen molar-refractivity contribution in [3.05, 3.63) is 0 Å². The molecule has 0 atom stereocenters. The van der Waals surface area contributed by atoms with E-state index in [9.17, 15) is 0 Å². The zero-order valence-corrected chi connectivity index (χ0v) is 37.3. The number of hydrogen-bond acceptors (Lipinski definition) is 0. The predicted octanol–water partition coefficient (Wildman–Crippen LogP) is 16.0. The summed E-state index contributed by atoms with van der Waals surface area (Å²) in [7, 11) is 0. The summed E-state index contributed by atoms with van der Waals surface area (Å²) in [6.45, 7) is 30.6. The van der Waals surface area contributed by atoms with Crippen LogP contribution in [0.15, 0.2) is 0 Å². The first-order chi connectivity index (χ1) is 23.6. The predicted molar refractivity (Wildman–Crippen MR) is 222 cm³/mol. The monoisotopic (exact) mass is 713 g/mol. The molecule has 0 aliphatic heterocycles. The van der Waals surface area contributed by atoms with Crippen LogP contribution in [0.4, 0.5) is 0 Å². The summed E-state index contributed by atoms with van der Waals surface area (Å²) >= 11 is 0. The third-order valence-corrected chi connectivity index (χ3v) is 19.6. The topological polar surface area (TPSA) is 0 Å². The van der Waals surface area contributed by atoms with Gasteiger partial charge in [0.05, 0.1) is 0 Å². The molecule has 0 unspecified atom stereocenters. The van der Waals surface area contributed by atoms with E-state index in [0.717, 1.165) is 67.0 Å². The summed E-state index contributed by atoms with van der Waals surface area (Å²) in [5, 5.41) is 0. The summed E-state index contributed by atoms with van der Waals surface area (Å²) < 4.78 is 0. The van der Waals surface area contributed by atoms with Crippen LogP contribution in [0.5, 0.6) is 0 Å². The van der Waals surface area contributed by atoms with Crippen molar-refractivity contribution in [3.8, 4) is 0 Å². The molecule has 0 heterocycles. The molecule has 0 radical (unpaired) electrons. The first-order valence-corrected chi connectivity index (χ1v) is 23.6. The summed E-state index contributed by atoms with van der Waals surface area (Å²) in [4.78, 5) is 0. The maximum absolute atomic E-state index is 2.55. The lowest BCUT2D eigenvalue weighted by Crippen LogP contribution is -2.57. The van der Waals surface area contributed by atoms with Gasteiger partial charge in [-0.3, -0.25) is 0 Å². The van der Waals surface area contributed by atoms with Crippen LogP contribution < -0.4 is 0 Å². The zero-order valence-electron chi connectivity index (χ0n) is 37.3. The Labute approximate surface area is 324 Å². The van der Waals surface area contributed by atoms with Crippen molar-refractivity contribution in [1.29, 1.82) is 0 Å². The van der Waals surface area contributed by atoms with Crippen LogP contribution in [-0.2, 0) is 0 Å². The van der Waals surface area contributed by atoms with E-state index in [0.29, 0.717) is 21.7 Å². The Morgan fingerprint density at radius 3 is 0.519 bits per heavy atom. The van der Waals surface area contributed by atoms with Gasteiger partial charge in [-0.2, -0.15) is 0 Å². The summed E-state index contributed by atoms with van der Waals surface area (Å²) in [5.74, 6) is 4.38. The van der Waals surface area contributed by atoms with Crippen molar-refractivity contribution in [2.75, 3.05) is 0 Å². The smallest absolute Gasteiger partial charge is 0.0310 e. The Morgan fingerprint density at radius 2 is 0.346 bits per heavy atom. The van der Waals surface area contributed by atoms with E-state index in [1.54, 1.807) is 32.1 Å². The average Bonchev–Trinajstić information content (AvgIpc) is 2.78. The number of hydrogen-bond donors (Lipinski definition) is 0. The van der Waals surface area contributed by atoms with Crippen LogP contribution in [0.25, 0.3) is 0 Å². The van der Waals surface area contributed by atoms with Crippen molar-refractivity contribution in [2.24, 2.45) is 88.7 Å². The van der Waals surface area contributed by atoms with Gasteiger partial charge in [-0.25, -0.2) is 0 Å². The molecule has 16 fully saturated rings. The van der Waals surface area contributed by atoms with Crippen molar-refractivity contribution in [3.63, 3.8) is 0 Å². The van der Waals surface area contributed by atoms with Gasteiger partial charge in [0.2, 0.25) is 0 Å². The normalized spacial score (nSPS) is 64.4. The van der Waals surface area contributed by atoms with Gasteiger partial charge in [0.25, 0.3) is 0 Å². The van der Waals surface area contributed by atoms with Gasteiger partial charge < -0.3 is 0 Å². The third kappa shape index (κ3) is 6.89. The molecule has 16 bridgehead atoms. The Kier molecular flexibility index (Phi) is 7.90. The molecule has 16 rings (SSSR count). The molecule has 0 aromatic carbocycles. The Hall–Kier alpha value is 0. The summed E-state index contributed by atoms with van der Waals surface area (Å²) in [6, 6.07) is 0. The minimum atomic E-state index is 0.688. The van der Waals surface area contributed by atoms with E-state index in [2.05, 4.69) is 83.1 Å². The fraction of sp³-hybridized carbons (Fsp3) is 1.00. The van der Waals surface area contributed by atoms with E-state index in [-0.39, 0.29) is 0 Å². The first kappa shape index (κ1) is 37.6. The molecule has 0 heteroatoms. The van der Waals surface area contributed by atoms with Gasteiger partial charge in [-0.15, -0.1) is 0 Å². The summed E-state index contributed by atoms with van der Waals surface area (Å²) in [5.41, 5.74) is 8.63. The van der Waals surface area contributed by atoms with E-state index < -0.39 is 0 Å². The molecule has 296 valence electrons. The van der Waals surface area contributed by atoms with Gasteiger partial charge in [0.15, 0.2) is 0 Å². The average molecular weight is 713 g/mol. The van der Waals surface area contributed by atoms with Crippen LogP contribution in [0, 0.1) is 88.7 Å². The van der Waals surface area contributed by atoms with E-state index in [4.69, 9.17) is 0 Å². The zero-order chi connectivity index (χ0) is 37.3. The molecule has 0 amide bonds. The van der Waals surface area contributed by atoms with Crippen LogP contribution in [0.1, 0.15) is 237 Å². The molecule has 0 N–H and O–H groups in total. The minimum absolute atomic E-state index is 0.688. The molecular formula is C52H88. The fourth-order valence-electron chi connectivity index (χ4n) is 24.2. The molecule has 16 saturated carbocycles. The maximum atomic E-state index is 2.55. The SMILES string of the molecule is CC12CC3(C)CC(C)(C1)CC(C)(C2)C3.CC12CC3CC(C)(C1)CC(C)(C3)C2.CC12CC3CC(C)(C1)CC(C)(C3)C2.CC12CC3CC(C1)CC(C)(C3)C2. The van der Waals surface area contributed by atoms with Gasteiger partial charge in [-0.1, -0.05) is 83.1 Å². The Morgan fingerprint density at radius 1 is 0.192 bits per heavy atom. The molecule has 0 saturated heterocycles. The van der Waals surface area contributed by atoms with Gasteiger partial charge in [0, 0.05) is 0 Å². The maximum Gasteiger partial charge on any atom is -0.0310 e. The lowest BCUT2D eigenvalue weighted by molar-refractivity contribution is -0.176. The molecule has 0 aromatic rings. The van der Waals surface area contributed by atoms with Gasteiger partial charge >= 0.3 is 0 Å². The van der Waals surface area contributed by atoms with Crippen molar-refractivity contribution >= 4 is 0 Å². The van der Waals surface area contributed by atoms with E-state index >= 15 is 0 Å². The van der Waals surface area contributed by atoms with Crippen LogP contribution in [0.2, 0.25) is 0 Å². The van der Waals surface area contributed by atoms with Crippen LogP contribution in [-0.4, -0.2) is 0 Å². The molecular weight excluding hydrogens is 625 g/mol. The molecule has 52 heavy (non-hydrogen) atoms. The highest BCUT2D eigenvalue weighted by molar-refractivity contribution is 5.13. The second-order valence-corrected chi connectivity index (χ2v) is 29.8. The molecule has 16 aliphatic carbocycles. The van der Waals surface area contributed by atoms with Crippen LogP contribution >= 0.6 is 0 Å². The highest BCUT2D eigenvalue weighted by Gasteiger charge is 2.63. The van der Waals surface area contributed by atoms with Crippen molar-refractivity contribution < 1.29 is 0 Å². The molecule has 0 nitrogen and oxygen atoms in total. The van der Waals surface area contributed by atoms with Crippen molar-refractivity contribution in [1.82, 2.24) is 0 Å². The molecule has 16 aliphatic rings. The van der Waals surface area contributed by atoms with Gasteiger partial charge in [-0.05, 0) is 243 Å². The largest absolute Gasteiger partial charge is 0.0596 e. The van der Waals surface area contributed by atoms with E-state index in [1.165, 1.54) is 122 Å². The van der Waals surface area contributed by atoms with E-state index in [1.807, 2.05) is 0 Å². The second-order valence-electron chi connectivity index (χ2n) is 29.8. The van der Waals surface area contributed by atoms with Crippen LogP contribution in [0.3, 0.4) is 0 Å². The molecule has 0 aromatic heterocycles. The fourth-order valence-corrected chi connectivity index (χ4v) is 24.2. The Bertz CT molecular complexity index is 1160. The minimum Gasteiger partial charge on any atom is -0.0596 e. The van der Waals surface area contributed by atoms with Gasteiger partial charge in [0.1, 0.15) is 0 Å².